The molecule has 0 N–H and O–H groups in total. The van der Waals surface area contributed by atoms with Gasteiger partial charge in [-0.2, -0.15) is 0 Å². The zero-order valence-electron chi connectivity index (χ0n) is 12.7. The van der Waals surface area contributed by atoms with Crippen LogP contribution in [0, 0.1) is 5.92 Å². The first kappa shape index (κ1) is 15.0. The molecule has 1 aliphatic rings. The predicted molar refractivity (Wildman–Crippen MR) is 76.0 cm³/mol. The summed E-state index contributed by atoms with van der Waals surface area (Å²) in [6.45, 7) is 6.41. The number of halogens is 1. The predicted octanol–water partition coefficient (Wildman–Crippen LogP) is 3.06. The topological polar surface area (TPSA) is 29.5 Å². The Morgan fingerprint density at radius 1 is 1.25 bits per heavy atom. The summed E-state index contributed by atoms with van der Waals surface area (Å²) in [4.78, 5) is 16.7. The van der Waals surface area contributed by atoms with Crippen LogP contribution in [0.25, 0.3) is 0 Å². The lowest BCUT2D eigenvalue weighted by Gasteiger charge is -2.19. The summed E-state index contributed by atoms with van der Waals surface area (Å²) in [5.74, 6) is -1.25. The van der Waals surface area contributed by atoms with Crippen molar-refractivity contribution in [2.24, 2.45) is 5.92 Å². The maximum absolute atomic E-state index is 13.9. The molecule has 1 saturated carbocycles. The summed E-state index contributed by atoms with van der Waals surface area (Å²) in [6, 6.07) is 7.89. The van der Waals surface area contributed by atoms with Crippen LogP contribution in [0.15, 0.2) is 24.3 Å². The van der Waals surface area contributed by atoms with Crippen LogP contribution < -0.4 is 0 Å². The van der Waals surface area contributed by atoms with Crippen LogP contribution in [0.2, 0.25) is 0 Å². The molecule has 1 aliphatic carbocycles. The summed E-state index contributed by atoms with van der Waals surface area (Å²) in [7, 11) is 2.91. The monoisotopic (exact) mass is 279 g/mol. The van der Waals surface area contributed by atoms with E-state index in [1.807, 2.05) is 24.3 Å². The lowest BCUT2D eigenvalue weighted by atomic mass is 9.86. The molecule has 0 bridgehead atoms. The van der Waals surface area contributed by atoms with Gasteiger partial charge in [-0.15, -0.1) is 0 Å². The zero-order valence-corrected chi connectivity index (χ0v) is 12.7. The molecule has 1 amide bonds. The van der Waals surface area contributed by atoms with Gasteiger partial charge in [0.25, 0.3) is 5.91 Å². The fourth-order valence-corrected chi connectivity index (χ4v) is 2.46. The highest BCUT2D eigenvalue weighted by molar-refractivity contribution is 5.83. The van der Waals surface area contributed by atoms with Crippen LogP contribution in [-0.2, 0) is 15.0 Å². The smallest absolute Gasteiger partial charge is 0.252 e. The highest BCUT2D eigenvalue weighted by atomic mass is 19.1. The summed E-state index contributed by atoms with van der Waals surface area (Å²) >= 11 is 0. The highest BCUT2D eigenvalue weighted by Gasteiger charge is 2.57. The number of carbonyl (C=O) groups is 1. The fourth-order valence-electron chi connectivity index (χ4n) is 2.46. The van der Waals surface area contributed by atoms with E-state index < -0.39 is 12.1 Å². The Morgan fingerprint density at radius 3 is 2.25 bits per heavy atom. The van der Waals surface area contributed by atoms with Gasteiger partial charge in [-0.3, -0.25) is 9.63 Å². The molecule has 4 heteroatoms. The van der Waals surface area contributed by atoms with Crippen molar-refractivity contribution in [1.29, 1.82) is 0 Å². The standard InChI is InChI=1S/C16H22FNO2/c1-16(2,3)11-8-6-10(7-9-11)12-13(14(12)17)15(19)18(4)20-5/h6-9,12-14H,1-5H3/t12-,13-,14+/m1/s1. The van der Waals surface area contributed by atoms with E-state index in [0.717, 1.165) is 10.6 Å². The molecule has 0 spiro atoms. The molecular formula is C16H22FNO2. The molecule has 3 nitrogen and oxygen atoms in total. The van der Waals surface area contributed by atoms with Crippen molar-refractivity contribution in [2.45, 2.75) is 38.3 Å². The highest BCUT2D eigenvalue weighted by Crippen LogP contribution is 2.51. The van der Waals surface area contributed by atoms with Gasteiger partial charge in [-0.1, -0.05) is 45.0 Å². The first-order valence-electron chi connectivity index (χ1n) is 6.83. The Labute approximate surface area is 119 Å². The van der Waals surface area contributed by atoms with Gasteiger partial charge in [0.2, 0.25) is 0 Å². The number of alkyl halides is 1. The van der Waals surface area contributed by atoms with E-state index in [9.17, 15) is 9.18 Å². The third-order valence-electron chi connectivity index (χ3n) is 3.96. The molecule has 0 saturated heterocycles. The van der Waals surface area contributed by atoms with E-state index in [4.69, 9.17) is 4.84 Å². The zero-order chi connectivity index (χ0) is 15.1. The van der Waals surface area contributed by atoms with Gasteiger partial charge in [0, 0.05) is 13.0 Å². The van der Waals surface area contributed by atoms with Gasteiger partial charge in [0.1, 0.15) is 6.17 Å². The third-order valence-corrected chi connectivity index (χ3v) is 3.96. The fraction of sp³-hybridized carbons (Fsp3) is 0.562. The van der Waals surface area contributed by atoms with Gasteiger partial charge < -0.3 is 0 Å². The largest absolute Gasteiger partial charge is 0.275 e. The maximum Gasteiger partial charge on any atom is 0.252 e. The lowest BCUT2D eigenvalue weighted by Crippen LogP contribution is -2.27. The minimum Gasteiger partial charge on any atom is -0.275 e. The van der Waals surface area contributed by atoms with Crippen LogP contribution in [-0.4, -0.2) is 31.3 Å². The number of amides is 1. The minimum absolute atomic E-state index is 0.0721. The summed E-state index contributed by atoms with van der Waals surface area (Å²) in [5, 5.41) is 1.10. The molecule has 0 heterocycles. The number of carbonyl (C=O) groups excluding carboxylic acids is 1. The summed E-state index contributed by atoms with van der Waals surface area (Å²) in [6.07, 6.45) is -1.11. The lowest BCUT2D eigenvalue weighted by molar-refractivity contribution is -0.170. The normalized spacial score (nSPS) is 25.4. The minimum atomic E-state index is -1.11. The van der Waals surface area contributed by atoms with E-state index in [1.165, 1.54) is 19.7 Å². The number of hydrogen-bond acceptors (Lipinski definition) is 2. The average molecular weight is 279 g/mol. The van der Waals surface area contributed by atoms with Gasteiger partial charge in [0.05, 0.1) is 13.0 Å². The SMILES string of the molecule is CON(C)C(=O)[C@H]1[C@@H](F)[C@@H]1c1ccc(C(C)(C)C)cc1. The number of hydrogen-bond donors (Lipinski definition) is 0. The third kappa shape index (κ3) is 2.70. The van der Waals surface area contributed by atoms with Gasteiger partial charge in [0.15, 0.2) is 0 Å². The quantitative estimate of drug-likeness (QED) is 0.796. The molecule has 110 valence electrons. The van der Waals surface area contributed by atoms with E-state index in [0.29, 0.717) is 0 Å². The number of nitrogens with zero attached hydrogens (tertiary/aromatic N) is 1. The van der Waals surface area contributed by atoms with Crippen LogP contribution in [0.1, 0.15) is 37.8 Å². The van der Waals surface area contributed by atoms with Crippen molar-refractivity contribution in [1.82, 2.24) is 5.06 Å². The molecule has 1 aromatic rings. The van der Waals surface area contributed by atoms with Crippen LogP contribution in [0.3, 0.4) is 0 Å². The van der Waals surface area contributed by atoms with Gasteiger partial charge >= 0.3 is 0 Å². The van der Waals surface area contributed by atoms with E-state index in [2.05, 4.69) is 20.8 Å². The van der Waals surface area contributed by atoms with Crippen LogP contribution >= 0.6 is 0 Å². The molecule has 0 aromatic heterocycles. The second kappa shape index (κ2) is 5.17. The first-order valence-corrected chi connectivity index (χ1v) is 6.83. The Morgan fingerprint density at radius 2 is 1.80 bits per heavy atom. The van der Waals surface area contributed by atoms with E-state index in [1.54, 1.807) is 0 Å². The summed E-state index contributed by atoms with van der Waals surface area (Å²) in [5.41, 5.74) is 2.16. The maximum atomic E-state index is 13.9. The van der Waals surface area contributed by atoms with Crippen molar-refractivity contribution in [2.75, 3.05) is 14.2 Å². The van der Waals surface area contributed by atoms with Crippen molar-refractivity contribution in [3.8, 4) is 0 Å². The second-order valence-electron chi connectivity index (χ2n) is 6.39. The van der Waals surface area contributed by atoms with E-state index >= 15 is 0 Å². The molecule has 3 atom stereocenters. The molecular weight excluding hydrogens is 257 g/mol. The molecule has 20 heavy (non-hydrogen) atoms. The molecule has 1 aromatic carbocycles. The number of rotatable bonds is 3. The van der Waals surface area contributed by atoms with Gasteiger partial charge in [-0.05, 0) is 16.5 Å². The average Bonchev–Trinajstić information content (AvgIpc) is 3.07. The molecule has 0 radical (unpaired) electrons. The number of hydroxylamine groups is 2. The molecule has 1 fully saturated rings. The molecule has 0 aliphatic heterocycles. The van der Waals surface area contributed by atoms with E-state index in [-0.39, 0.29) is 17.2 Å². The van der Waals surface area contributed by atoms with Crippen LogP contribution in [0.5, 0.6) is 0 Å². The van der Waals surface area contributed by atoms with Gasteiger partial charge in [-0.25, -0.2) is 9.45 Å². The Kier molecular flexibility index (Phi) is 3.87. The molecule has 2 rings (SSSR count). The Balaban J connectivity index is 2.12. The second-order valence-corrected chi connectivity index (χ2v) is 6.39. The van der Waals surface area contributed by atoms with Crippen molar-refractivity contribution >= 4 is 5.91 Å². The van der Waals surface area contributed by atoms with Crippen molar-refractivity contribution < 1.29 is 14.0 Å². The number of benzene rings is 1. The Bertz CT molecular complexity index is 492. The summed E-state index contributed by atoms with van der Waals surface area (Å²) < 4.78 is 13.9. The van der Waals surface area contributed by atoms with Crippen molar-refractivity contribution in [3.05, 3.63) is 35.4 Å². The van der Waals surface area contributed by atoms with Crippen molar-refractivity contribution in [3.63, 3.8) is 0 Å². The first-order chi connectivity index (χ1) is 9.27. The van der Waals surface area contributed by atoms with Crippen LogP contribution in [0.4, 0.5) is 4.39 Å². The Hall–Kier alpha value is -1.42. The molecule has 0 unspecified atom stereocenters.